The van der Waals surface area contributed by atoms with Crippen molar-refractivity contribution in [2.75, 3.05) is 0 Å². The predicted octanol–water partition coefficient (Wildman–Crippen LogP) is 13.1. The molecule has 0 atom stereocenters. The fraction of sp³-hybridized carbons (Fsp3) is 0.0877. The maximum Gasteiger partial charge on any atom is 0.117 e. The van der Waals surface area contributed by atoms with Gasteiger partial charge in [0.25, 0.3) is 0 Å². The average molecular weight is 776 g/mol. The van der Waals surface area contributed by atoms with E-state index in [1.807, 2.05) is 0 Å². The summed E-state index contributed by atoms with van der Waals surface area (Å²) in [5.41, 5.74) is 14.3. The molecule has 0 fully saturated rings. The van der Waals surface area contributed by atoms with Crippen LogP contribution in [-0.4, -0.2) is 13.7 Å². The summed E-state index contributed by atoms with van der Waals surface area (Å²) >= 11 is 0. The van der Waals surface area contributed by atoms with Gasteiger partial charge in [-0.05, 0) is 121 Å². The third-order valence-corrected chi connectivity index (χ3v) is 11.3. The first-order chi connectivity index (χ1) is 29.4. The van der Waals surface area contributed by atoms with Gasteiger partial charge in [0.15, 0.2) is 0 Å². The smallest absolute Gasteiger partial charge is 0.117 e. The number of aryl methyl sites for hydroxylation is 1. The lowest BCUT2D eigenvalue weighted by Crippen LogP contribution is -2.28. The van der Waals surface area contributed by atoms with E-state index in [0.29, 0.717) is 0 Å². The Morgan fingerprint density at radius 3 is 1.73 bits per heavy atom. The van der Waals surface area contributed by atoms with E-state index >= 15 is 0 Å². The second-order valence-corrected chi connectivity index (χ2v) is 15.0. The van der Waals surface area contributed by atoms with Crippen LogP contribution in [0.3, 0.4) is 0 Å². The van der Waals surface area contributed by atoms with E-state index in [1.165, 1.54) is 61.2 Å². The summed E-state index contributed by atoms with van der Waals surface area (Å²) in [6.07, 6.45) is 14.5. The van der Waals surface area contributed by atoms with E-state index in [1.54, 1.807) is 6.92 Å². The average Bonchev–Trinajstić information content (AvgIpc) is 3.91. The van der Waals surface area contributed by atoms with E-state index in [0.717, 1.165) is 39.4 Å². The highest BCUT2D eigenvalue weighted by molar-refractivity contribution is 5.91. The topological polar surface area (TPSA) is 14.8 Å². The Balaban J connectivity index is 0.00000162. The van der Waals surface area contributed by atoms with E-state index < -0.39 is 0 Å². The molecule has 0 aliphatic heterocycles. The van der Waals surface area contributed by atoms with Gasteiger partial charge in [0.1, 0.15) is 5.82 Å². The zero-order chi connectivity index (χ0) is 41.6. The standard InChI is InChI=1S/C54H45N3.C3H4/c1-5-40(34-53-39(3)48-28-16-18-30-52(48)57(53)54-33-32-50(55(54)4)43-25-13-8-14-26-43)20-19-31-49-38(2)47-27-15-17-29-51(47)56(49)46-36-44(41-21-9-6-10-22-41)35-45(37-46)42-23-11-7-12-24-42;1-3-2/h5-19,21-37H,3,20H2,1-2,4H3;1H,2H3/b31-19-,40-5-,53-34+;. The molecule has 0 amide bonds. The molecule has 60 heavy (non-hydrogen) atoms. The molecule has 0 N–H and O–H groups in total. The van der Waals surface area contributed by atoms with E-state index in [4.69, 9.17) is 0 Å². The Kier molecular flexibility index (Phi) is 11.5. The summed E-state index contributed by atoms with van der Waals surface area (Å²) < 4.78 is 7.08. The first-order valence-electron chi connectivity index (χ1n) is 20.5. The van der Waals surface area contributed by atoms with Gasteiger partial charge in [0, 0.05) is 40.1 Å². The number of fused-ring (bicyclic) bond motifs is 2. The number of hydrogen-bond donors (Lipinski definition) is 0. The van der Waals surface area contributed by atoms with E-state index in [2.05, 4.69) is 248 Å². The summed E-state index contributed by atoms with van der Waals surface area (Å²) in [6, 6.07) is 60.7. The first kappa shape index (κ1) is 39.3. The van der Waals surface area contributed by atoms with Crippen molar-refractivity contribution in [1.82, 2.24) is 13.7 Å². The van der Waals surface area contributed by atoms with Crippen LogP contribution in [0.25, 0.3) is 85.6 Å². The molecule has 0 aliphatic rings. The second kappa shape index (κ2) is 17.5. The molecule has 292 valence electrons. The lowest BCUT2D eigenvalue weighted by molar-refractivity contribution is 0.853. The Morgan fingerprint density at radius 2 is 1.15 bits per heavy atom. The molecular formula is C57H49N3. The summed E-state index contributed by atoms with van der Waals surface area (Å²) in [7, 11) is 2.15. The van der Waals surface area contributed by atoms with Crippen LogP contribution in [0.15, 0.2) is 188 Å². The second-order valence-electron chi connectivity index (χ2n) is 15.0. The molecule has 0 spiro atoms. The van der Waals surface area contributed by atoms with Crippen molar-refractivity contribution in [3.63, 3.8) is 0 Å². The molecule has 0 aliphatic carbocycles. The van der Waals surface area contributed by atoms with Crippen LogP contribution in [0.5, 0.6) is 0 Å². The van der Waals surface area contributed by atoms with E-state index in [9.17, 15) is 0 Å². The quantitative estimate of drug-likeness (QED) is 0.130. The summed E-state index contributed by atoms with van der Waals surface area (Å²) in [6.45, 7) is 10.7. The van der Waals surface area contributed by atoms with Crippen LogP contribution in [0.4, 0.5) is 0 Å². The molecule has 0 radical (unpaired) electrons. The fourth-order valence-electron chi connectivity index (χ4n) is 8.32. The highest BCUT2D eigenvalue weighted by atomic mass is 15.1. The molecule has 3 heterocycles. The zero-order valence-electron chi connectivity index (χ0n) is 34.8. The van der Waals surface area contributed by atoms with Gasteiger partial charge >= 0.3 is 0 Å². The Labute approximate surface area is 353 Å². The van der Waals surface area contributed by atoms with Crippen LogP contribution in [0.2, 0.25) is 0 Å². The minimum Gasteiger partial charge on any atom is -0.330 e. The molecule has 0 saturated heterocycles. The van der Waals surface area contributed by atoms with Gasteiger partial charge in [0.2, 0.25) is 0 Å². The third-order valence-electron chi connectivity index (χ3n) is 11.3. The van der Waals surface area contributed by atoms with Gasteiger partial charge in [-0.25, -0.2) is 0 Å². The normalized spacial score (nSPS) is 11.9. The maximum absolute atomic E-state index is 4.63. The number of hydrogen-bond acceptors (Lipinski definition) is 0. The molecule has 0 bridgehead atoms. The van der Waals surface area contributed by atoms with Crippen molar-refractivity contribution in [2.24, 2.45) is 7.05 Å². The largest absolute Gasteiger partial charge is 0.330 e. The van der Waals surface area contributed by atoms with Crippen LogP contribution < -0.4 is 10.6 Å². The van der Waals surface area contributed by atoms with Crippen molar-refractivity contribution < 1.29 is 0 Å². The monoisotopic (exact) mass is 775 g/mol. The number of allylic oxidation sites excluding steroid dienone is 3. The summed E-state index contributed by atoms with van der Waals surface area (Å²) in [5.74, 6) is 3.35. The van der Waals surface area contributed by atoms with Gasteiger partial charge in [-0.15, -0.1) is 12.3 Å². The SMILES string of the molecule is C#CC.C=c1/c(=C\C(=C/C)C/C=C\c2c(C)c3ccccc3n2-c2cc(-c3ccccc3)cc(-c3ccccc3)c2)n(-c2ccc(-c3ccccc3)n2C)c2ccccc12. The maximum atomic E-state index is 4.63. The predicted molar refractivity (Wildman–Crippen MR) is 258 cm³/mol. The van der Waals surface area contributed by atoms with Crippen LogP contribution in [0, 0.1) is 19.3 Å². The molecule has 0 unspecified atom stereocenters. The molecule has 0 saturated carbocycles. The molecule has 3 heteroatoms. The number of nitrogens with zero attached hydrogens (tertiary/aromatic N) is 3. The number of benzene rings is 6. The van der Waals surface area contributed by atoms with Gasteiger partial charge < -0.3 is 9.13 Å². The van der Waals surface area contributed by atoms with Gasteiger partial charge in [-0.1, -0.05) is 146 Å². The Bertz CT molecular complexity index is 3110. The van der Waals surface area contributed by atoms with Crippen molar-refractivity contribution in [3.8, 4) is 57.4 Å². The first-order valence-corrected chi connectivity index (χ1v) is 20.5. The van der Waals surface area contributed by atoms with Gasteiger partial charge in [-0.3, -0.25) is 4.57 Å². The fourth-order valence-corrected chi connectivity index (χ4v) is 8.32. The Hall–Kier alpha value is -7.54. The van der Waals surface area contributed by atoms with Crippen LogP contribution in [0.1, 0.15) is 31.5 Å². The third kappa shape index (κ3) is 7.60. The molecule has 3 nitrogen and oxygen atoms in total. The van der Waals surface area contributed by atoms with Gasteiger partial charge in [-0.2, -0.15) is 0 Å². The highest BCUT2D eigenvalue weighted by Crippen LogP contribution is 2.35. The van der Waals surface area contributed by atoms with Crippen molar-refractivity contribution in [1.29, 1.82) is 0 Å². The minimum atomic E-state index is 0.764. The molecule has 9 rings (SSSR count). The van der Waals surface area contributed by atoms with Crippen LogP contribution in [-0.2, 0) is 7.05 Å². The molecule has 9 aromatic rings. The highest BCUT2D eigenvalue weighted by Gasteiger charge is 2.17. The van der Waals surface area contributed by atoms with Crippen molar-refractivity contribution >= 4 is 40.5 Å². The molecule has 3 aromatic heterocycles. The zero-order valence-corrected chi connectivity index (χ0v) is 34.8. The molecular weight excluding hydrogens is 727 g/mol. The summed E-state index contributed by atoms with van der Waals surface area (Å²) in [5, 5.41) is 4.53. The van der Waals surface area contributed by atoms with Crippen molar-refractivity contribution in [3.05, 3.63) is 209 Å². The van der Waals surface area contributed by atoms with Gasteiger partial charge in [0.05, 0.1) is 16.4 Å². The van der Waals surface area contributed by atoms with Crippen LogP contribution >= 0.6 is 0 Å². The lowest BCUT2D eigenvalue weighted by Gasteiger charge is -2.15. The summed E-state index contributed by atoms with van der Waals surface area (Å²) in [4.78, 5) is 0. The van der Waals surface area contributed by atoms with Crippen molar-refractivity contribution in [2.45, 2.75) is 27.2 Å². The Morgan fingerprint density at radius 1 is 0.633 bits per heavy atom. The number of terminal acetylenes is 1. The number of para-hydroxylation sites is 2. The number of aromatic nitrogens is 3. The number of rotatable bonds is 9. The molecule has 6 aromatic carbocycles. The lowest BCUT2D eigenvalue weighted by atomic mass is 9.98. The minimum absolute atomic E-state index is 0.764. The van der Waals surface area contributed by atoms with E-state index in [-0.39, 0.29) is 0 Å².